The number of carboxylic acid groups (broad SMARTS) is 1. The third-order valence-electron chi connectivity index (χ3n) is 7.67. The molecule has 2 aliphatic rings. The van der Waals surface area contributed by atoms with Crippen molar-refractivity contribution in [3.63, 3.8) is 0 Å². The number of nitrogens with zero attached hydrogens (tertiary/aromatic N) is 3. The summed E-state index contributed by atoms with van der Waals surface area (Å²) in [6, 6.07) is 2.66. The van der Waals surface area contributed by atoms with Gasteiger partial charge < -0.3 is 35.9 Å². The summed E-state index contributed by atoms with van der Waals surface area (Å²) >= 11 is 0. The minimum Gasteiger partial charge on any atom is -0.476 e. The maximum absolute atomic E-state index is 12.8. The second kappa shape index (κ2) is 13.9. The number of aromatic amines is 2. The van der Waals surface area contributed by atoms with Gasteiger partial charge in [-0.15, -0.1) is 0 Å². The standard InChI is InChI=1S/C15H22N4O4.C9H12N2O4.C6H12N2O/c1-14(2,3)10-8-9(19(22)23)11(17-10)12(20)18-7-6-16-13(21)15(18,4)5;1-9(2,3)6-4-5(11(14)15)7(10-6)8(12)13;1-6(2)5(9)7-3-4-8-6/h8,17H,6-7H2,1-5H3,(H,16,21);4,10H,1-3H3,(H,12,13);8H,3-4H2,1-2H3,(H,7,9). The average Bonchev–Trinajstić information content (AvgIpc) is 3.59. The van der Waals surface area contributed by atoms with E-state index in [0.717, 1.165) is 13.1 Å². The number of hydrogen-bond donors (Lipinski definition) is 6. The van der Waals surface area contributed by atoms with Crippen LogP contribution in [-0.2, 0) is 20.4 Å². The van der Waals surface area contributed by atoms with E-state index in [4.69, 9.17) is 5.11 Å². The van der Waals surface area contributed by atoms with Gasteiger partial charge in [-0.25, -0.2) is 4.79 Å². The number of nitrogens with one attached hydrogen (secondary N) is 5. The maximum atomic E-state index is 12.8. The summed E-state index contributed by atoms with van der Waals surface area (Å²) in [6.45, 7) is 20.5. The lowest BCUT2D eigenvalue weighted by Gasteiger charge is -2.40. The van der Waals surface area contributed by atoms with E-state index in [0.29, 0.717) is 24.5 Å². The van der Waals surface area contributed by atoms with Gasteiger partial charge in [0.05, 0.1) is 15.4 Å². The molecule has 2 fully saturated rings. The molecule has 17 nitrogen and oxygen atoms in total. The zero-order chi connectivity index (χ0) is 36.3. The molecular weight excluding hydrogens is 616 g/mol. The number of aromatic carboxylic acids is 1. The smallest absolute Gasteiger partial charge is 0.359 e. The first kappa shape index (κ1) is 38.4. The largest absolute Gasteiger partial charge is 0.476 e. The molecule has 0 unspecified atom stereocenters. The summed E-state index contributed by atoms with van der Waals surface area (Å²) in [5, 5.41) is 39.2. The van der Waals surface area contributed by atoms with Gasteiger partial charge in [0.25, 0.3) is 11.6 Å². The number of amides is 3. The molecule has 6 N–H and O–H groups in total. The highest BCUT2D eigenvalue weighted by Crippen LogP contribution is 2.31. The van der Waals surface area contributed by atoms with Crippen LogP contribution in [0.2, 0.25) is 0 Å². The molecule has 260 valence electrons. The molecule has 0 atom stereocenters. The van der Waals surface area contributed by atoms with Crippen LogP contribution in [0.25, 0.3) is 0 Å². The Bertz CT molecular complexity index is 1510. The Balaban J connectivity index is 0.000000273. The van der Waals surface area contributed by atoms with E-state index in [2.05, 4.69) is 25.9 Å². The molecule has 17 heteroatoms. The van der Waals surface area contributed by atoms with E-state index in [1.54, 1.807) is 13.8 Å². The van der Waals surface area contributed by atoms with E-state index in [1.165, 1.54) is 17.0 Å². The van der Waals surface area contributed by atoms with Gasteiger partial charge in [0.1, 0.15) is 5.54 Å². The molecule has 2 aliphatic heterocycles. The predicted octanol–water partition coefficient (Wildman–Crippen LogP) is 2.97. The molecule has 0 aliphatic carbocycles. The van der Waals surface area contributed by atoms with E-state index >= 15 is 0 Å². The van der Waals surface area contributed by atoms with Gasteiger partial charge >= 0.3 is 11.7 Å². The molecule has 2 aromatic rings. The van der Waals surface area contributed by atoms with Crippen molar-refractivity contribution in [2.75, 3.05) is 26.2 Å². The summed E-state index contributed by atoms with van der Waals surface area (Å²) in [5.74, 6) is -2.04. The Morgan fingerprint density at radius 2 is 1.23 bits per heavy atom. The fourth-order valence-electron chi connectivity index (χ4n) is 4.55. The van der Waals surface area contributed by atoms with Crippen molar-refractivity contribution in [3.8, 4) is 0 Å². The summed E-state index contributed by atoms with van der Waals surface area (Å²) in [7, 11) is 0. The van der Waals surface area contributed by atoms with Crippen molar-refractivity contribution >= 4 is 35.1 Å². The molecule has 4 heterocycles. The predicted molar refractivity (Wildman–Crippen MR) is 172 cm³/mol. The Hall–Kier alpha value is -4.80. The van der Waals surface area contributed by atoms with Crippen molar-refractivity contribution < 1.29 is 34.1 Å². The van der Waals surface area contributed by atoms with Gasteiger partial charge in [0.15, 0.2) is 5.69 Å². The highest BCUT2D eigenvalue weighted by atomic mass is 16.6. The highest BCUT2D eigenvalue weighted by molar-refractivity contribution is 6.01. The minimum absolute atomic E-state index is 0.0808. The van der Waals surface area contributed by atoms with Crippen LogP contribution in [0.1, 0.15) is 102 Å². The van der Waals surface area contributed by atoms with Gasteiger partial charge in [-0.1, -0.05) is 41.5 Å². The summed E-state index contributed by atoms with van der Waals surface area (Å²) in [6.07, 6.45) is 0. The van der Waals surface area contributed by atoms with Gasteiger partial charge in [0, 0.05) is 60.5 Å². The second-order valence-electron chi connectivity index (χ2n) is 14.3. The van der Waals surface area contributed by atoms with Crippen LogP contribution in [0.4, 0.5) is 11.4 Å². The van der Waals surface area contributed by atoms with E-state index in [-0.39, 0.29) is 45.3 Å². The van der Waals surface area contributed by atoms with Gasteiger partial charge in [0.2, 0.25) is 17.5 Å². The molecule has 0 bridgehead atoms. The van der Waals surface area contributed by atoms with Crippen molar-refractivity contribution in [3.05, 3.63) is 55.1 Å². The summed E-state index contributed by atoms with van der Waals surface area (Å²) < 4.78 is 0. The lowest BCUT2D eigenvalue weighted by atomic mass is 9.92. The lowest BCUT2D eigenvalue weighted by Crippen LogP contribution is -2.63. The van der Waals surface area contributed by atoms with Crippen molar-refractivity contribution in [2.45, 2.75) is 91.1 Å². The number of hydrogen-bond acceptors (Lipinski definition) is 9. The van der Waals surface area contributed by atoms with E-state index in [9.17, 15) is 39.4 Å². The Morgan fingerprint density at radius 3 is 1.60 bits per heavy atom. The van der Waals surface area contributed by atoms with E-state index < -0.39 is 32.9 Å². The third kappa shape index (κ3) is 9.15. The number of rotatable bonds is 4. The number of carbonyl (C=O) groups is 4. The van der Waals surface area contributed by atoms with Crippen LogP contribution in [0.5, 0.6) is 0 Å². The lowest BCUT2D eigenvalue weighted by molar-refractivity contribution is -0.385. The number of aromatic nitrogens is 2. The zero-order valence-electron chi connectivity index (χ0n) is 28.5. The molecule has 0 aromatic carbocycles. The molecule has 0 radical (unpaired) electrons. The molecule has 2 aromatic heterocycles. The van der Waals surface area contributed by atoms with Crippen molar-refractivity contribution in [2.24, 2.45) is 0 Å². The molecule has 47 heavy (non-hydrogen) atoms. The van der Waals surface area contributed by atoms with Gasteiger partial charge in [-0.05, 0) is 27.7 Å². The van der Waals surface area contributed by atoms with Crippen LogP contribution >= 0.6 is 0 Å². The van der Waals surface area contributed by atoms with Gasteiger partial charge in [-0.2, -0.15) is 0 Å². The monoisotopic (exact) mass is 662 g/mol. The van der Waals surface area contributed by atoms with Crippen LogP contribution in [0.15, 0.2) is 12.1 Å². The highest BCUT2D eigenvalue weighted by Gasteiger charge is 2.43. The number of piperazine rings is 2. The van der Waals surface area contributed by atoms with Crippen molar-refractivity contribution in [1.29, 1.82) is 0 Å². The average molecular weight is 663 g/mol. The van der Waals surface area contributed by atoms with Crippen LogP contribution in [0.3, 0.4) is 0 Å². The van der Waals surface area contributed by atoms with Crippen LogP contribution in [-0.4, -0.2) is 90.8 Å². The first-order valence-corrected chi connectivity index (χ1v) is 14.9. The number of H-pyrrole nitrogens is 2. The molecular formula is C30H46N8O9. The Morgan fingerprint density at radius 1 is 0.787 bits per heavy atom. The van der Waals surface area contributed by atoms with E-state index in [1.807, 2.05) is 55.4 Å². The quantitative estimate of drug-likeness (QED) is 0.206. The maximum Gasteiger partial charge on any atom is 0.359 e. The molecule has 0 saturated carbocycles. The zero-order valence-corrected chi connectivity index (χ0v) is 28.5. The fraction of sp³-hybridized carbons (Fsp3) is 0.600. The van der Waals surface area contributed by atoms with Crippen LogP contribution < -0.4 is 16.0 Å². The first-order valence-electron chi connectivity index (χ1n) is 14.9. The Kier molecular flexibility index (Phi) is 11.4. The molecule has 4 rings (SSSR count). The molecule has 0 spiro atoms. The topological polar surface area (TPSA) is 246 Å². The number of carboxylic acids is 1. The van der Waals surface area contributed by atoms with Gasteiger partial charge in [-0.3, -0.25) is 34.6 Å². The van der Waals surface area contributed by atoms with Crippen LogP contribution in [0, 0.1) is 20.2 Å². The summed E-state index contributed by atoms with van der Waals surface area (Å²) in [4.78, 5) is 74.0. The number of carbonyl (C=O) groups excluding carboxylic acids is 3. The molecule has 2 saturated heterocycles. The first-order chi connectivity index (χ1) is 21.3. The summed E-state index contributed by atoms with van der Waals surface area (Å²) in [5.41, 5.74) is -2.11. The SMILES string of the molecule is CC(C)(C)c1cc([N+](=O)[O-])c(C(=O)N2CCNC(=O)C2(C)C)[nH]1.CC(C)(C)c1cc([N+](=O)[O-])c(C(=O)O)[nH]1.CC1(C)NCCNC1=O. The second-order valence-corrected chi connectivity index (χ2v) is 14.3. The normalized spacial score (nSPS) is 17.2. The minimum atomic E-state index is -1.32. The molecule has 3 amide bonds. The number of nitro groups is 2. The third-order valence-corrected chi connectivity index (χ3v) is 7.67. The Labute approximate surface area is 272 Å². The fourth-order valence-corrected chi connectivity index (χ4v) is 4.55. The van der Waals surface area contributed by atoms with Crippen molar-refractivity contribution in [1.82, 2.24) is 30.8 Å².